The number of unbranched alkanes of at least 4 members (excludes halogenated alkanes) is 1. The summed E-state index contributed by atoms with van der Waals surface area (Å²) in [5.41, 5.74) is 0.582. The van der Waals surface area contributed by atoms with Gasteiger partial charge in [-0.05, 0) is 39.0 Å². The first-order chi connectivity index (χ1) is 13.4. The molecule has 1 atom stereocenters. The van der Waals surface area contributed by atoms with E-state index >= 15 is 0 Å². The smallest absolute Gasteiger partial charge is 0.351 e. The van der Waals surface area contributed by atoms with Crippen molar-refractivity contribution in [3.63, 3.8) is 0 Å². The van der Waals surface area contributed by atoms with Crippen LogP contribution in [0.5, 0.6) is 0 Å². The Labute approximate surface area is 172 Å². The highest BCUT2D eigenvalue weighted by molar-refractivity contribution is 8.05. The lowest BCUT2D eigenvalue weighted by atomic mass is 10.1. The van der Waals surface area contributed by atoms with E-state index < -0.39 is 18.1 Å². The Bertz CT molecular complexity index is 624. The van der Waals surface area contributed by atoms with Crippen LogP contribution in [0.25, 0.3) is 0 Å². The highest BCUT2D eigenvalue weighted by Gasteiger charge is 2.55. The molecule has 7 nitrogen and oxygen atoms in total. The molecule has 9 heteroatoms. The number of thioether (sulfide) groups is 1. The molecule has 0 radical (unpaired) electrons. The third-order valence-corrected chi connectivity index (χ3v) is 8.87. The van der Waals surface area contributed by atoms with Gasteiger partial charge in [-0.3, -0.25) is 9.36 Å². The average molecular weight is 437 g/mol. The monoisotopic (exact) mass is 436 g/mol. The van der Waals surface area contributed by atoms with Gasteiger partial charge in [0.2, 0.25) is 0 Å². The van der Waals surface area contributed by atoms with Crippen molar-refractivity contribution in [1.29, 1.82) is 0 Å². The molecular formula is C19H33O7PS. The Morgan fingerprint density at radius 3 is 2.39 bits per heavy atom. The first kappa shape index (κ1) is 25.2. The molecule has 1 rings (SSSR count). The molecule has 0 spiro atoms. The minimum absolute atomic E-state index is 0.140. The van der Waals surface area contributed by atoms with E-state index in [2.05, 4.69) is 6.92 Å². The second-order valence-electron chi connectivity index (χ2n) is 6.04. The molecule has 1 heterocycles. The third kappa shape index (κ3) is 6.36. The van der Waals surface area contributed by atoms with Crippen LogP contribution < -0.4 is 0 Å². The van der Waals surface area contributed by atoms with Crippen LogP contribution in [-0.2, 0) is 39.0 Å². The zero-order valence-electron chi connectivity index (χ0n) is 17.5. The lowest BCUT2D eigenvalue weighted by Gasteiger charge is -2.37. The molecule has 1 unspecified atom stereocenters. The van der Waals surface area contributed by atoms with E-state index in [-0.39, 0.29) is 32.8 Å². The SMILES string of the molecule is CCCCSC(CC(=O)OCC)(c1coc(COC)c1)P(=O)(OCC)OCC. The second-order valence-corrected chi connectivity index (χ2v) is 10.0. The molecule has 1 aromatic heterocycles. The van der Waals surface area contributed by atoms with E-state index in [1.807, 2.05) is 0 Å². The molecule has 0 saturated heterocycles. The van der Waals surface area contributed by atoms with Crippen LogP contribution in [0.15, 0.2) is 16.7 Å². The number of carbonyl (C=O) groups is 1. The van der Waals surface area contributed by atoms with E-state index in [1.165, 1.54) is 18.0 Å². The van der Waals surface area contributed by atoms with Gasteiger partial charge in [0.15, 0.2) is 4.49 Å². The lowest BCUT2D eigenvalue weighted by Crippen LogP contribution is -2.29. The molecule has 0 bridgehead atoms. The quantitative estimate of drug-likeness (QED) is 0.207. The van der Waals surface area contributed by atoms with Gasteiger partial charge in [-0.1, -0.05) is 13.3 Å². The Balaban J connectivity index is 3.53. The maximum absolute atomic E-state index is 14.0. The summed E-state index contributed by atoms with van der Waals surface area (Å²) in [5, 5.41) is 0. The summed E-state index contributed by atoms with van der Waals surface area (Å²) < 4.78 is 40.0. The predicted molar refractivity (Wildman–Crippen MR) is 111 cm³/mol. The van der Waals surface area contributed by atoms with Gasteiger partial charge in [0.05, 0.1) is 32.5 Å². The van der Waals surface area contributed by atoms with Crippen LogP contribution in [-0.4, -0.2) is 38.7 Å². The number of hydrogen-bond donors (Lipinski definition) is 0. The van der Waals surface area contributed by atoms with Gasteiger partial charge in [0.25, 0.3) is 0 Å². The van der Waals surface area contributed by atoms with Gasteiger partial charge in [-0.25, -0.2) is 0 Å². The number of methoxy groups -OCH3 is 1. The molecule has 0 aliphatic heterocycles. The van der Waals surface area contributed by atoms with Crippen LogP contribution >= 0.6 is 19.4 Å². The van der Waals surface area contributed by atoms with Gasteiger partial charge >= 0.3 is 13.6 Å². The van der Waals surface area contributed by atoms with Gasteiger partial charge in [-0.15, -0.1) is 11.8 Å². The number of carbonyl (C=O) groups excluding carboxylic acids is 1. The van der Waals surface area contributed by atoms with E-state index in [1.54, 1.807) is 33.9 Å². The summed E-state index contributed by atoms with van der Waals surface area (Å²) in [6.07, 6.45) is 3.24. The fraction of sp³-hybridized carbons (Fsp3) is 0.737. The molecule has 0 N–H and O–H groups in total. The maximum Gasteiger partial charge on any atom is 0.351 e. The summed E-state index contributed by atoms with van der Waals surface area (Å²) in [7, 11) is -2.18. The topological polar surface area (TPSA) is 84.2 Å². The van der Waals surface area contributed by atoms with Gasteiger partial charge in [0.1, 0.15) is 12.4 Å². The second kappa shape index (κ2) is 12.7. The molecule has 0 amide bonds. The summed E-state index contributed by atoms with van der Waals surface area (Å²) in [6.45, 7) is 8.21. The molecule has 0 aliphatic rings. The molecular weight excluding hydrogens is 403 g/mol. The summed E-state index contributed by atoms with van der Waals surface area (Å²) >= 11 is 1.40. The van der Waals surface area contributed by atoms with E-state index in [9.17, 15) is 9.36 Å². The van der Waals surface area contributed by atoms with Crippen molar-refractivity contribution >= 4 is 25.3 Å². The maximum atomic E-state index is 14.0. The van der Waals surface area contributed by atoms with Crippen molar-refractivity contribution in [2.75, 3.05) is 32.7 Å². The van der Waals surface area contributed by atoms with Crippen LogP contribution in [0.2, 0.25) is 0 Å². The Morgan fingerprint density at radius 2 is 1.86 bits per heavy atom. The van der Waals surface area contributed by atoms with Gasteiger partial charge in [-0.2, -0.15) is 0 Å². The molecule has 0 aliphatic carbocycles. The van der Waals surface area contributed by atoms with Crippen LogP contribution in [0.3, 0.4) is 0 Å². The zero-order chi connectivity index (χ0) is 21.0. The van der Waals surface area contributed by atoms with Crippen molar-refractivity contribution in [2.24, 2.45) is 0 Å². The van der Waals surface area contributed by atoms with Crippen molar-refractivity contribution in [3.05, 3.63) is 23.7 Å². The van der Waals surface area contributed by atoms with Crippen LogP contribution in [0, 0.1) is 0 Å². The summed E-state index contributed by atoms with van der Waals surface area (Å²) in [5.74, 6) is 0.798. The van der Waals surface area contributed by atoms with E-state index in [4.69, 9.17) is 22.9 Å². The number of esters is 1. The van der Waals surface area contributed by atoms with E-state index in [0.29, 0.717) is 17.1 Å². The first-order valence-corrected chi connectivity index (χ1v) is 12.2. The molecule has 0 fully saturated rings. The predicted octanol–water partition coefficient (Wildman–Crippen LogP) is 5.33. The number of ether oxygens (including phenoxy) is 2. The number of furan rings is 1. The Hall–Kier alpha value is -0.790. The van der Waals surface area contributed by atoms with Crippen molar-refractivity contribution in [2.45, 2.75) is 58.1 Å². The lowest BCUT2D eigenvalue weighted by molar-refractivity contribution is -0.143. The van der Waals surface area contributed by atoms with E-state index in [0.717, 1.165) is 12.8 Å². The molecule has 0 aromatic carbocycles. The zero-order valence-corrected chi connectivity index (χ0v) is 19.2. The fourth-order valence-electron chi connectivity index (χ4n) is 2.75. The Morgan fingerprint density at radius 1 is 1.18 bits per heavy atom. The van der Waals surface area contributed by atoms with Crippen molar-refractivity contribution < 1.29 is 32.3 Å². The first-order valence-electron chi connectivity index (χ1n) is 9.68. The third-order valence-electron chi connectivity index (χ3n) is 3.96. The van der Waals surface area contributed by atoms with Crippen LogP contribution in [0.1, 0.15) is 58.3 Å². The minimum Gasteiger partial charge on any atom is -0.467 e. The van der Waals surface area contributed by atoms with Gasteiger partial charge < -0.3 is 22.9 Å². The molecule has 28 heavy (non-hydrogen) atoms. The minimum atomic E-state index is -3.74. The molecule has 1 aromatic rings. The summed E-state index contributed by atoms with van der Waals surface area (Å²) in [4.78, 5) is 12.5. The van der Waals surface area contributed by atoms with Gasteiger partial charge in [0, 0.05) is 12.7 Å². The average Bonchev–Trinajstić information content (AvgIpc) is 3.11. The standard InChI is InChI=1S/C19H33O7PS/c1-6-10-11-28-19(13-18(20)23-7-2,27(21,25-8-3)26-9-4)16-12-17(15-22-5)24-14-16/h12,14H,6-11,13,15H2,1-5H3. The molecule has 0 saturated carbocycles. The Kier molecular flexibility index (Phi) is 11.5. The number of rotatable bonds is 15. The highest BCUT2D eigenvalue weighted by Crippen LogP contribution is 2.71. The van der Waals surface area contributed by atoms with Crippen molar-refractivity contribution in [1.82, 2.24) is 0 Å². The highest BCUT2D eigenvalue weighted by atomic mass is 32.2. The summed E-state index contributed by atoms with van der Waals surface area (Å²) in [6, 6.07) is 1.76. The largest absolute Gasteiger partial charge is 0.467 e. The van der Waals surface area contributed by atoms with Crippen molar-refractivity contribution in [3.8, 4) is 0 Å². The number of hydrogen-bond acceptors (Lipinski definition) is 8. The normalized spacial score (nSPS) is 14.0. The fourth-order valence-corrected chi connectivity index (χ4v) is 7.17. The van der Waals surface area contributed by atoms with Crippen LogP contribution in [0.4, 0.5) is 0 Å². The molecule has 162 valence electrons.